The average molecular weight is 341 g/mol. The molecule has 0 saturated carbocycles. The van der Waals surface area contributed by atoms with E-state index in [0.29, 0.717) is 10.7 Å². The summed E-state index contributed by atoms with van der Waals surface area (Å²) in [5.74, 6) is -2.13. The molecule has 2 aromatic rings. The number of nitriles is 1. The molecule has 0 aliphatic rings. The third-order valence-corrected chi connectivity index (χ3v) is 3.66. The Labute approximate surface area is 133 Å². The molecule has 0 N–H and O–H groups in total. The fraction of sp³-hybridized carbons (Fsp3) is 0.286. The number of aromatic nitrogens is 2. The number of Topliss-reactive ketones (excluding diaryl/α,β-unsaturated/α-hetero) is 1. The number of ether oxygens (including phenoxy) is 1. The van der Waals surface area contributed by atoms with Crippen molar-refractivity contribution in [3.63, 3.8) is 0 Å². The molecule has 0 bridgehead atoms. The van der Waals surface area contributed by atoms with E-state index in [2.05, 4.69) is 14.7 Å². The van der Waals surface area contributed by atoms with Crippen molar-refractivity contribution in [3.8, 4) is 11.9 Å². The Morgan fingerprint density at radius 3 is 2.74 bits per heavy atom. The van der Waals surface area contributed by atoms with Crippen LogP contribution in [0.1, 0.15) is 27.1 Å². The summed E-state index contributed by atoms with van der Waals surface area (Å²) in [7, 11) is 0. The van der Waals surface area contributed by atoms with Crippen molar-refractivity contribution in [2.24, 2.45) is 0 Å². The fourth-order valence-corrected chi connectivity index (χ4v) is 2.50. The van der Waals surface area contributed by atoms with Gasteiger partial charge in [-0.2, -0.15) is 18.4 Å². The lowest BCUT2D eigenvalue weighted by Gasteiger charge is -2.09. The van der Waals surface area contributed by atoms with Crippen LogP contribution in [0.2, 0.25) is 0 Å². The maximum Gasteiger partial charge on any atom is 0.422 e. The molecule has 2 aromatic heterocycles. The van der Waals surface area contributed by atoms with Crippen molar-refractivity contribution in [3.05, 3.63) is 40.0 Å². The van der Waals surface area contributed by atoms with Crippen LogP contribution >= 0.6 is 11.3 Å². The molecular formula is C14H10F3N3O2S. The Hall–Kier alpha value is -2.47. The summed E-state index contributed by atoms with van der Waals surface area (Å²) in [6.45, 7) is 0.216. The largest absolute Gasteiger partial charge is 0.468 e. The van der Waals surface area contributed by atoms with E-state index >= 15 is 0 Å². The lowest BCUT2D eigenvalue weighted by molar-refractivity contribution is -0.154. The Bertz CT molecular complexity index is 752. The van der Waals surface area contributed by atoms with E-state index in [1.807, 2.05) is 6.07 Å². The third kappa shape index (κ3) is 4.50. The summed E-state index contributed by atoms with van der Waals surface area (Å²) in [5, 5.41) is 11.2. The lowest BCUT2D eigenvalue weighted by Crippen LogP contribution is -2.20. The molecule has 5 nitrogen and oxygen atoms in total. The van der Waals surface area contributed by atoms with E-state index in [4.69, 9.17) is 0 Å². The van der Waals surface area contributed by atoms with Crippen LogP contribution < -0.4 is 4.74 Å². The van der Waals surface area contributed by atoms with E-state index in [1.54, 1.807) is 12.3 Å². The van der Waals surface area contributed by atoms with Gasteiger partial charge in [-0.25, -0.2) is 9.97 Å². The van der Waals surface area contributed by atoms with Gasteiger partial charge in [-0.15, -0.1) is 11.3 Å². The molecule has 0 aromatic carbocycles. The molecule has 0 aliphatic heterocycles. The van der Waals surface area contributed by atoms with Gasteiger partial charge in [-0.3, -0.25) is 4.79 Å². The summed E-state index contributed by atoms with van der Waals surface area (Å²) < 4.78 is 40.9. The van der Waals surface area contributed by atoms with Crippen LogP contribution in [0.4, 0.5) is 13.2 Å². The minimum absolute atomic E-state index is 0.149. The SMILES string of the molecule is Cc1csc([C@H](C#N)C(=O)c2cccc(OCC(F)(F)F)n2)n1. The molecular weight excluding hydrogens is 331 g/mol. The number of pyridine rings is 1. The average Bonchev–Trinajstić information content (AvgIpc) is 2.92. The Morgan fingerprint density at radius 1 is 1.43 bits per heavy atom. The van der Waals surface area contributed by atoms with E-state index in [-0.39, 0.29) is 11.6 Å². The summed E-state index contributed by atoms with van der Waals surface area (Å²) in [4.78, 5) is 20.2. The van der Waals surface area contributed by atoms with E-state index in [9.17, 15) is 23.2 Å². The Kier molecular flexibility index (Phi) is 4.95. The number of nitrogens with zero attached hydrogens (tertiary/aromatic N) is 3. The van der Waals surface area contributed by atoms with Crippen LogP contribution in [0.25, 0.3) is 0 Å². The molecule has 0 saturated heterocycles. The van der Waals surface area contributed by atoms with Gasteiger partial charge >= 0.3 is 6.18 Å². The number of alkyl halides is 3. The zero-order chi connectivity index (χ0) is 17.0. The van der Waals surface area contributed by atoms with Crippen LogP contribution in [-0.2, 0) is 0 Å². The molecule has 0 aliphatic carbocycles. The molecule has 0 spiro atoms. The standard InChI is InChI=1S/C14H10F3N3O2S/c1-8-6-23-13(19-8)9(5-18)12(21)10-3-2-4-11(20-10)22-7-14(15,16)17/h2-4,6,9H,7H2,1H3/t9-/m1/s1. The van der Waals surface area contributed by atoms with Crippen LogP contribution in [0.5, 0.6) is 5.88 Å². The third-order valence-electron chi connectivity index (χ3n) is 2.63. The molecule has 9 heteroatoms. The van der Waals surface area contributed by atoms with E-state index < -0.39 is 24.5 Å². The number of thiazole rings is 1. The van der Waals surface area contributed by atoms with Gasteiger partial charge in [0.15, 0.2) is 12.5 Å². The predicted octanol–water partition coefficient (Wildman–Crippen LogP) is 3.28. The normalized spacial score (nSPS) is 12.5. The van der Waals surface area contributed by atoms with Crippen LogP contribution in [0.15, 0.2) is 23.6 Å². The van der Waals surface area contributed by atoms with Gasteiger partial charge in [-0.05, 0) is 13.0 Å². The van der Waals surface area contributed by atoms with Crippen molar-refractivity contribution in [1.82, 2.24) is 9.97 Å². The number of hydrogen-bond acceptors (Lipinski definition) is 6. The van der Waals surface area contributed by atoms with Crippen LogP contribution in [0, 0.1) is 18.3 Å². The topological polar surface area (TPSA) is 75.9 Å². The highest BCUT2D eigenvalue weighted by atomic mass is 32.1. The van der Waals surface area contributed by atoms with Crippen molar-refractivity contribution >= 4 is 17.1 Å². The zero-order valence-electron chi connectivity index (χ0n) is 11.8. The van der Waals surface area contributed by atoms with Crippen molar-refractivity contribution < 1.29 is 22.7 Å². The van der Waals surface area contributed by atoms with Crippen LogP contribution in [0.3, 0.4) is 0 Å². The van der Waals surface area contributed by atoms with Gasteiger partial charge in [-0.1, -0.05) is 6.07 Å². The summed E-state index contributed by atoms with van der Waals surface area (Å²) in [6.07, 6.45) is -4.50. The Morgan fingerprint density at radius 2 is 2.17 bits per heavy atom. The first-order valence-electron chi connectivity index (χ1n) is 6.32. The van der Waals surface area contributed by atoms with Gasteiger partial charge in [0.25, 0.3) is 0 Å². The second-order valence-electron chi connectivity index (χ2n) is 4.52. The number of halogens is 3. The van der Waals surface area contributed by atoms with Crippen molar-refractivity contribution in [2.75, 3.05) is 6.61 Å². The number of hydrogen-bond donors (Lipinski definition) is 0. The highest BCUT2D eigenvalue weighted by Gasteiger charge is 2.29. The minimum atomic E-state index is -4.50. The molecule has 0 radical (unpaired) electrons. The summed E-state index contributed by atoms with van der Waals surface area (Å²) >= 11 is 1.16. The molecule has 23 heavy (non-hydrogen) atoms. The smallest absolute Gasteiger partial charge is 0.422 e. The highest BCUT2D eigenvalue weighted by molar-refractivity contribution is 7.10. The first kappa shape index (κ1) is 16.9. The second-order valence-corrected chi connectivity index (χ2v) is 5.41. The summed E-state index contributed by atoms with van der Waals surface area (Å²) in [5.41, 5.74) is 0.525. The molecule has 120 valence electrons. The van der Waals surface area contributed by atoms with Gasteiger partial charge in [0.1, 0.15) is 10.7 Å². The van der Waals surface area contributed by atoms with Gasteiger partial charge in [0.2, 0.25) is 11.7 Å². The highest BCUT2D eigenvalue weighted by Crippen LogP contribution is 2.24. The van der Waals surface area contributed by atoms with Gasteiger partial charge in [0.05, 0.1) is 6.07 Å². The molecule has 0 unspecified atom stereocenters. The predicted molar refractivity (Wildman–Crippen MR) is 75.3 cm³/mol. The van der Waals surface area contributed by atoms with E-state index in [0.717, 1.165) is 11.3 Å². The number of aryl methyl sites for hydroxylation is 1. The molecule has 2 heterocycles. The number of ketones is 1. The molecule has 1 atom stereocenters. The fourth-order valence-electron chi connectivity index (χ4n) is 1.67. The maximum atomic E-state index is 12.3. The van der Waals surface area contributed by atoms with Crippen LogP contribution in [-0.4, -0.2) is 28.5 Å². The number of rotatable bonds is 5. The van der Waals surface area contributed by atoms with Gasteiger partial charge in [0, 0.05) is 17.1 Å². The number of carbonyl (C=O) groups is 1. The van der Waals surface area contributed by atoms with E-state index in [1.165, 1.54) is 18.2 Å². The maximum absolute atomic E-state index is 12.3. The molecule has 0 amide bonds. The van der Waals surface area contributed by atoms with Crippen molar-refractivity contribution in [1.29, 1.82) is 5.26 Å². The quantitative estimate of drug-likeness (QED) is 0.780. The first-order valence-corrected chi connectivity index (χ1v) is 7.20. The molecule has 0 fully saturated rings. The van der Waals surface area contributed by atoms with Crippen molar-refractivity contribution in [2.45, 2.75) is 19.0 Å². The zero-order valence-corrected chi connectivity index (χ0v) is 12.6. The van der Waals surface area contributed by atoms with Gasteiger partial charge < -0.3 is 4.74 Å². The monoisotopic (exact) mass is 341 g/mol. The molecule has 2 rings (SSSR count). The first-order chi connectivity index (χ1) is 10.8. The Balaban J connectivity index is 2.20. The minimum Gasteiger partial charge on any atom is -0.468 e. The second kappa shape index (κ2) is 6.75. The summed E-state index contributed by atoms with van der Waals surface area (Å²) in [6, 6.07) is 5.70. The number of carbonyl (C=O) groups excluding carboxylic acids is 1. The lowest BCUT2D eigenvalue weighted by atomic mass is 10.0.